The molecule has 1 atom stereocenters. The van der Waals surface area contributed by atoms with Crippen LogP contribution in [-0.4, -0.2) is 25.3 Å². The van der Waals surface area contributed by atoms with E-state index >= 15 is 0 Å². The average molecular weight is 284 g/mol. The molecule has 0 amide bonds. The van der Waals surface area contributed by atoms with Crippen LogP contribution in [0.4, 0.5) is 8.78 Å². The van der Waals surface area contributed by atoms with Gasteiger partial charge in [0.25, 0.3) is 0 Å². The van der Waals surface area contributed by atoms with E-state index in [1.54, 1.807) is 0 Å². The van der Waals surface area contributed by atoms with Crippen LogP contribution >= 0.6 is 7.60 Å². The predicted octanol–water partition coefficient (Wildman–Crippen LogP) is 3.07. The Morgan fingerprint density at radius 3 is 2.67 bits per heavy atom. The summed E-state index contributed by atoms with van der Waals surface area (Å²) in [5, 5.41) is 0. The van der Waals surface area contributed by atoms with Gasteiger partial charge in [-0.3, -0.25) is 4.52 Å². The zero-order valence-corrected chi connectivity index (χ0v) is 11.3. The fraction of sp³-hybridized carbons (Fsp3) is 0.700. The van der Waals surface area contributed by atoms with Gasteiger partial charge in [-0.25, -0.2) is 9.36 Å². The van der Waals surface area contributed by atoms with E-state index in [1.807, 2.05) is 0 Å². The number of hydrogen-bond donors (Lipinski definition) is 0. The van der Waals surface area contributed by atoms with Gasteiger partial charge < -0.3 is 9.26 Å². The Morgan fingerprint density at radius 2 is 2.17 bits per heavy atom. The number of hydrogen-bond acceptors (Lipinski definition) is 5. The molecule has 1 rings (SSSR count). The number of ether oxygens (including phenoxy) is 1. The Morgan fingerprint density at radius 1 is 1.56 bits per heavy atom. The first kappa shape index (κ1) is 15.1. The van der Waals surface area contributed by atoms with Gasteiger partial charge in [-0.15, -0.1) is 0 Å². The van der Waals surface area contributed by atoms with Crippen molar-refractivity contribution in [3.8, 4) is 0 Å². The lowest BCUT2D eigenvalue weighted by Crippen LogP contribution is -2.18. The molecule has 1 aliphatic heterocycles. The lowest BCUT2D eigenvalue weighted by Gasteiger charge is -2.24. The van der Waals surface area contributed by atoms with Crippen LogP contribution in [-0.2, 0) is 23.1 Å². The molecule has 0 bridgehead atoms. The highest BCUT2D eigenvalue weighted by atomic mass is 31.2. The lowest BCUT2D eigenvalue weighted by atomic mass is 10.1. The fourth-order valence-electron chi connectivity index (χ4n) is 1.55. The summed E-state index contributed by atoms with van der Waals surface area (Å²) in [6, 6.07) is 0. The Labute approximate surface area is 104 Å². The van der Waals surface area contributed by atoms with E-state index in [4.69, 9.17) is 4.52 Å². The van der Waals surface area contributed by atoms with Gasteiger partial charge >= 0.3 is 19.2 Å². The second-order valence-corrected chi connectivity index (χ2v) is 5.79. The number of rotatable bonds is 3. The summed E-state index contributed by atoms with van der Waals surface area (Å²) in [5.74, 6) is -0.913. The molecule has 0 N–H and O–H groups in total. The zero-order valence-electron chi connectivity index (χ0n) is 10.4. The van der Waals surface area contributed by atoms with Crippen molar-refractivity contribution >= 4 is 13.6 Å². The Bertz CT molecular complexity index is 418. The summed E-state index contributed by atoms with van der Waals surface area (Å²) in [6.45, 7) is 2.55. The van der Waals surface area contributed by atoms with Crippen molar-refractivity contribution in [3.05, 3.63) is 11.3 Å². The standard InChI is InChI=1S/C10H15F2O5P/c1-4-16-18(14)10(11,12)6-5-8(7(2)17-18)9(13)15-3/h4-6H2,1-3H3. The molecule has 5 nitrogen and oxygen atoms in total. The minimum atomic E-state index is -4.60. The van der Waals surface area contributed by atoms with E-state index < -0.39 is 25.6 Å². The number of carbonyl (C=O) groups is 1. The number of carbonyl (C=O) groups excluding carboxylic acids is 1. The summed E-state index contributed by atoms with van der Waals surface area (Å²) >= 11 is 0. The Balaban J connectivity index is 3.14. The summed E-state index contributed by atoms with van der Waals surface area (Å²) in [7, 11) is -3.47. The maximum absolute atomic E-state index is 13.7. The molecule has 8 heteroatoms. The van der Waals surface area contributed by atoms with Gasteiger partial charge in [-0.1, -0.05) is 0 Å². The number of halogens is 2. The van der Waals surface area contributed by atoms with E-state index in [2.05, 4.69) is 9.26 Å². The van der Waals surface area contributed by atoms with Crippen molar-refractivity contribution in [1.29, 1.82) is 0 Å². The zero-order chi connectivity index (χ0) is 14.0. The number of methoxy groups -OCH3 is 1. The molecule has 0 aromatic rings. The van der Waals surface area contributed by atoms with Crippen LogP contribution in [0.15, 0.2) is 11.3 Å². The highest BCUT2D eigenvalue weighted by molar-refractivity contribution is 7.55. The summed E-state index contributed by atoms with van der Waals surface area (Å²) < 4.78 is 53.2. The highest BCUT2D eigenvalue weighted by Gasteiger charge is 2.56. The topological polar surface area (TPSA) is 61.8 Å². The number of alkyl halides is 2. The molecule has 1 aliphatic rings. The number of esters is 1. The number of allylic oxidation sites excluding steroid dienone is 1. The molecule has 0 radical (unpaired) electrons. The third-order valence-electron chi connectivity index (χ3n) is 2.49. The van der Waals surface area contributed by atoms with Crippen LogP contribution in [0.2, 0.25) is 0 Å². The van der Waals surface area contributed by atoms with Gasteiger partial charge in [0.05, 0.1) is 19.3 Å². The van der Waals surface area contributed by atoms with Crippen molar-refractivity contribution in [2.24, 2.45) is 0 Å². The molecule has 0 aliphatic carbocycles. The predicted molar refractivity (Wildman–Crippen MR) is 59.2 cm³/mol. The minimum Gasteiger partial charge on any atom is -0.466 e. The van der Waals surface area contributed by atoms with E-state index in [-0.39, 0.29) is 24.4 Å². The normalized spacial score (nSPS) is 27.4. The van der Waals surface area contributed by atoms with Crippen LogP contribution in [0, 0.1) is 0 Å². The van der Waals surface area contributed by atoms with Crippen LogP contribution < -0.4 is 0 Å². The lowest BCUT2D eigenvalue weighted by molar-refractivity contribution is -0.136. The van der Waals surface area contributed by atoms with Gasteiger partial charge in [0.2, 0.25) is 0 Å². The van der Waals surface area contributed by atoms with Crippen LogP contribution in [0.25, 0.3) is 0 Å². The molecule has 1 heterocycles. The first-order valence-corrected chi connectivity index (χ1v) is 6.92. The van der Waals surface area contributed by atoms with Gasteiger partial charge in [0, 0.05) is 6.42 Å². The van der Waals surface area contributed by atoms with Crippen molar-refractivity contribution in [2.75, 3.05) is 13.7 Å². The average Bonchev–Trinajstić information content (AvgIpc) is 2.35. The molecular formula is C10H15F2O5P. The van der Waals surface area contributed by atoms with Crippen LogP contribution in [0.3, 0.4) is 0 Å². The largest absolute Gasteiger partial charge is 0.466 e. The third kappa shape index (κ3) is 2.72. The van der Waals surface area contributed by atoms with Gasteiger partial charge in [-0.2, -0.15) is 8.78 Å². The monoisotopic (exact) mass is 284 g/mol. The Hall–Kier alpha value is -0.940. The minimum absolute atomic E-state index is 0.0467. The van der Waals surface area contributed by atoms with E-state index in [1.165, 1.54) is 13.8 Å². The van der Waals surface area contributed by atoms with Gasteiger partial charge in [0.1, 0.15) is 5.76 Å². The molecule has 0 spiro atoms. The maximum Gasteiger partial charge on any atom is 0.448 e. The van der Waals surface area contributed by atoms with E-state index in [9.17, 15) is 18.1 Å². The van der Waals surface area contributed by atoms with E-state index in [0.717, 1.165) is 7.11 Å². The molecule has 0 saturated carbocycles. The first-order valence-electron chi connectivity index (χ1n) is 5.37. The summed E-state index contributed by atoms with van der Waals surface area (Å²) in [4.78, 5) is 11.4. The molecule has 104 valence electrons. The third-order valence-corrected chi connectivity index (χ3v) is 4.63. The molecular weight excluding hydrogens is 269 g/mol. The molecule has 0 aromatic heterocycles. The summed E-state index contributed by atoms with van der Waals surface area (Å²) in [5.41, 5.74) is -3.67. The van der Waals surface area contributed by atoms with Crippen molar-refractivity contribution in [1.82, 2.24) is 0 Å². The second kappa shape index (κ2) is 5.36. The second-order valence-electron chi connectivity index (χ2n) is 3.70. The van der Waals surface area contributed by atoms with Crippen LogP contribution in [0.1, 0.15) is 26.7 Å². The molecule has 0 saturated heterocycles. The van der Waals surface area contributed by atoms with Crippen molar-refractivity contribution in [2.45, 2.75) is 32.4 Å². The fourth-order valence-corrected chi connectivity index (χ4v) is 3.12. The molecule has 1 unspecified atom stereocenters. The van der Waals surface area contributed by atoms with E-state index in [0.29, 0.717) is 0 Å². The quantitative estimate of drug-likeness (QED) is 0.588. The maximum atomic E-state index is 13.7. The SMILES string of the molecule is CCOP1(=O)OC(C)=C(C(=O)OC)CCC1(F)F. The van der Waals surface area contributed by atoms with Gasteiger partial charge in [0.15, 0.2) is 0 Å². The smallest absolute Gasteiger partial charge is 0.448 e. The Kier molecular flexibility index (Phi) is 4.50. The molecule has 0 aromatic carbocycles. The van der Waals surface area contributed by atoms with Gasteiger partial charge in [-0.05, 0) is 20.3 Å². The first-order chi connectivity index (χ1) is 8.27. The summed E-state index contributed by atoms with van der Waals surface area (Å²) in [6.07, 6.45) is -1.06. The van der Waals surface area contributed by atoms with Crippen molar-refractivity contribution < 1.29 is 31.9 Å². The highest BCUT2D eigenvalue weighted by Crippen LogP contribution is 2.66. The molecule has 18 heavy (non-hydrogen) atoms. The molecule has 0 fully saturated rings. The van der Waals surface area contributed by atoms with Crippen molar-refractivity contribution in [3.63, 3.8) is 0 Å². The van der Waals surface area contributed by atoms with Crippen LogP contribution in [0.5, 0.6) is 0 Å².